The third-order valence-corrected chi connectivity index (χ3v) is 4.47. The van der Waals surface area contributed by atoms with Gasteiger partial charge in [0.25, 0.3) is 5.91 Å². The van der Waals surface area contributed by atoms with E-state index in [9.17, 15) is 9.18 Å². The molecule has 0 aliphatic heterocycles. The SMILES string of the molecule is CC1CCC(CNC(=O)c2ccc(F)c3ccccc23)C1. The lowest BCUT2D eigenvalue weighted by Gasteiger charge is -2.12. The highest BCUT2D eigenvalue weighted by Crippen LogP contribution is 2.29. The van der Waals surface area contributed by atoms with E-state index in [1.807, 2.05) is 6.07 Å². The number of hydrogen-bond donors (Lipinski definition) is 1. The molecule has 1 amide bonds. The van der Waals surface area contributed by atoms with Crippen molar-refractivity contribution in [2.24, 2.45) is 11.8 Å². The molecule has 21 heavy (non-hydrogen) atoms. The van der Waals surface area contributed by atoms with E-state index in [1.165, 1.54) is 25.3 Å². The van der Waals surface area contributed by atoms with Crippen LogP contribution in [0.25, 0.3) is 10.8 Å². The average Bonchev–Trinajstić information content (AvgIpc) is 2.91. The van der Waals surface area contributed by atoms with Gasteiger partial charge in [0.15, 0.2) is 0 Å². The zero-order valence-corrected chi connectivity index (χ0v) is 12.2. The van der Waals surface area contributed by atoms with Gasteiger partial charge in [0.05, 0.1) is 0 Å². The second-order valence-corrected chi connectivity index (χ2v) is 6.13. The van der Waals surface area contributed by atoms with E-state index in [4.69, 9.17) is 0 Å². The van der Waals surface area contributed by atoms with Crippen LogP contribution in [0.5, 0.6) is 0 Å². The van der Waals surface area contributed by atoms with Gasteiger partial charge < -0.3 is 5.32 Å². The summed E-state index contributed by atoms with van der Waals surface area (Å²) in [5.74, 6) is 0.951. The van der Waals surface area contributed by atoms with Crippen molar-refractivity contribution >= 4 is 16.7 Å². The number of carbonyl (C=O) groups excluding carboxylic acids is 1. The van der Waals surface area contributed by atoms with Crippen molar-refractivity contribution in [1.29, 1.82) is 0 Å². The van der Waals surface area contributed by atoms with E-state index in [0.717, 1.165) is 12.5 Å². The van der Waals surface area contributed by atoms with Crippen LogP contribution in [0, 0.1) is 17.7 Å². The van der Waals surface area contributed by atoms with E-state index in [1.54, 1.807) is 24.3 Å². The molecular formula is C18H20FNO. The van der Waals surface area contributed by atoms with Gasteiger partial charge in [0.1, 0.15) is 5.82 Å². The maximum atomic E-state index is 13.8. The Morgan fingerprint density at radius 3 is 2.67 bits per heavy atom. The zero-order chi connectivity index (χ0) is 14.8. The van der Waals surface area contributed by atoms with Crippen molar-refractivity contribution < 1.29 is 9.18 Å². The van der Waals surface area contributed by atoms with Crippen LogP contribution in [-0.4, -0.2) is 12.5 Å². The third-order valence-electron chi connectivity index (χ3n) is 4.47. The molecule has 2 unspecified atom stereocenters. The summed E-state index contributed by atoms with van der Waals surface area (Å²) in [5, 5.41) is 4.19. The van der Waals surface area contributed by atoms with Crippen molar-refractivity contribution in [3.8, 4) is 0 Å². The standard InChI is InChI=1S/C18H20FNO/c1-12-6-7-13(10-12)11-20-18(21)16-8-9-17(19)15-5-3-2-4-14(15)16/h2-5,8-9,12-13H,6-7,10-11H2,1H3,(H,20,21). The smallest absolute Gasteiger partial charge is 0.251 e. The Labute approximate surface area is 124 Å². The third kappa shape index (κ3) is 2.92. The highest BCUT2D eigenvalue weighted by molar-refractivity contribution is 6.07. The fraction of sp³-hybridized carbons (Fsp3) is 0.389. The number of carbonyl (C=O) groups is 1. The Balaban J connectivity index is 1.77. The summed E-state index contributed by atoms with van der Waals surface area (Å²) < 4.78 is 13.8. The van der Waals surface area contributed by atoms with Crippen molar-refractivity contribution in [3.63, 3.8) is 0 Å². The monoisotopic (exact) mass is 285 g/mol. The summed E-state index contributed by atoms with van der Waals surface area (Å²) in [6.45, 7) is 2.98. The maximum Gasteiger partial charge on any atom is 0.251 e. The average molecular weight is 285 g/mol. The van der Waals surface area contributed by atoms with Crippen LogP contribution in [0.4, 0.5) is 4.39 Å². The molecule has 1 fully saturated rings. The van der Waals surface area contributed by atoms with Crippen LogP contribution < -0.4 is 5.32 Å². The molecule has 2 nitrogen and oxygen atoms in total. The van der Waals surface area contributed by atoms with Crippen molar-refractivity contribution in [3.05, 3.63) is 47.8 Å². The number of benzene rings is 2. The predicted octanol–water partition coefficient (Wildman–Crippen LogP) is 4.14. The van der Waals surface area contributed by atoms with Gasteiger partial charge in [-0.05, 0) is 42.2 Å². The Bertz CT molecular complexity index is 667. The molecule has 1 N–H and O–H groups in total. The summed E-state index contributed by atoms with van der Waals surface area (Å²) in [5.41, 5.74) is 0.554. The van der Waals surface area contributed by atoms with Gasteiger partial charge in [-0.3, -0.25) is 4.79 Å². The molecule has 1 aliphatic rings. The first-order chi connectivity index (χ1) is 10.1. The quantitative estimate of drug-likeness (QED) is 0.902. The molecule has 1 saturated carbocycles. The number of halogens is 1. The van der Waals surface area contributed by atoms with Crippen LogP contribution in [0.3, 0.4) is 0 Å². The first-order valence-electron chi connectivity index (χ1n) is 7.60. The molecule has 1 aliphatic carbocycles. The molecule has 110 valence electrons. The molecule has 0 radical (unpaired) electrons. The Morgan fingerprint density at radius 2 is 1.95 bits per heavy atom. The first kappa shape index (κ1) is 14.1. The minimum atomic E-state index is -0.285. The van der Waals surface area contributed by atoms with E-state index in [0.29, 0.717) is 22.3 Å². The number of hydrogen-bond acceptors (Lipinski definition) is 1. The molecule has 0 bridgehead atoms. The molecule has 0 aromatic heterocycles. The van der Waals surface area contributed by atoms with Gasteiger partial charge >= 0.3 is 0 Å². The number of amides is 1. The molecule has 3 heteroatoms. The fourth-order valence-electron chi connectivity index (χ4n) is 3.30. The minimum absolute atomic E-state index is 0.106. The van der Waals surface area contributed by atoms with E-state index in [2.05, 4.69) is 12.2 Å². The number of nitrogens with one attached hydrogen (secondary N) is 1. The van der Waals surface area contributed by atoms with Crippen LogP contribution in [0.2, 0.25) is 0 Å². The van der Waals surface area contributed by atoms with E-state index < -0.39 is 0 Å². The van der Waals surface area contributed by atoms with Gasteiger partial charge in [0, 0.05) is 17.5 Å². The summed E-state index contributed by atoms with van der Waals surface area (Å²) in [4.78, 5) is 12.4. The largest absolute Gasteiger partial charge is 0.352 e. The van der Waals surface area contributed by atoms with Crippen molar-refractivity contribution in [1.82, 2.24) is 5.32 Å². The molecule has 0 saturated heterocycles. The first-order valence-corrected chi connectivity index (χ1v) is 7.60. The molecule has 2 aromatic carbocycles. The number of rotatable bonds is 3. The van der Waals surface area contributed by atoms with E-state index >= 15 is 0 Å². The van der Waals surface area contributed by atoms with Gasteiger partial charge in [-0.15, -0.1) is 0 Å². The summed E-state index contributed by atoms with van der Waals surface area (Å²) in [7, 11) is 0. The molecule has 0 spiro atoms. The number of fused-ring (bicyclic) bond motifs is 1. The Kier molecular flexibility index (Phi) is 3.91. The highest BCUT2D eigenvalue weighted by Gasteiger charge is 2.22. The predicted molar refractivity (Wildman–Crippen MR) is 82.7 cm³/mol. The lowest BCUT2D eigenvalue weighted by Crippen LogP contribution is -2.28. The van der Waals surface area contributed by atoms with E-state index in [-0.39, 0.29) is 11.7 Å². The van der Waals surface area contributed by atoms with Crippen LogP contribution >= 0.6 is 0 Å². The summed E-state index contributed by atoms with van der Waals surface area (Å²) in [6, 6.07) is 10.1. The molecule has 0 heterocycles. The van der Waals surface area contributed by atoms with Crippen LogP contribution in [-0.2, 0) is 0 Å². The molecule has 3 rings (SSSR count). The van der Waals surface area contributed by atoms with Gasteiger partial charge in [-0.2, -0.15) is 0 Å². The van der Waals surface area contributed by atoms with Gasteiger partial charge in [0.2, 0.25) is 0 Å². The molecule has 2 aromatic rings. The molecular weight excluding hydrogens is 265 g/mol. The second kappa shape index (κ2) is 5.84. The fourth-order valence-corrected chi connectivity index (χ4v) is 3.30. The van der Waals surface area contributed by atoms with Crippen molar-refractivity contribution in [2.45, 2.75) is 26.2 Å². The van der Waals surface area contributed by atoms with Crippen LogP contribution in [0.15, 0.2) is 36.4 Å². The Morgan fingerprint density at radius 1 is 1.19 bits per heavy atom. The van der Waals surface area contributed by atoms with Gasteiger partial charge in [-0.1, -0.05) is 37.6 Å². The topological polar surface area (TPSA) is 29.1 Å². The second-order valence-electron chi connectivity index (χ2n) is 6.13. The minimum Gasteiger partial charge on any atom is -0.352 e. The molecule has 2 atom stereocenters. The Hall–Kier alpha value is -1.90. The van der Waals surface area contributed by atoms with Gasteiger partial charge in [-0.25, -0.2) is 4.39 Å². The van der Waals surface area contributed by atoms with Crippen LogP contribution in [0.1, 0.15) is 36.5 Å². The zero-order valence-electron chi connectivity index (χ0n) is 12.2. The highest BCUT2D eigenvalue weighted by atomic mass is 19.1. The maximum absolute atomic E-state index is 13.8. The summed E-state index contributed by atoms with van der Waals surface area (Å²) >= 11 is 0. The summed E-state index contributed by atoms with van der Waals surface area (Å²) in [6.07, 6.45) is 3.62. The lowest BCUT2D eigenvalue weighted by molar-refractivity contribution is 0.0949. The normalized spacial score (nSPS) is 21.6. The lowest BCUT2D eigenvalue weighted by atomic mass is 10.0. The van der Waals surface area contributed by atoms with Crippen molar-refractivity contribution in [2.75, 3.05) is 6.54 Å².